The van der Waals surface area contributed by atoms with Gasteiger partial charge in [0, 0.05) is 19.1 Å². The molecule has 1 N–H and O–H groups in total. The lowest BCUT2D eigenvalue weighted by molar-refractivity contribution is 0.0780. The molecule has 0 aromatic heterocycles. The van der Waals surface area contributed by atoms with E-state index in [0.717, 1.165) is 19.6 Å². The van der Waals surface area contributed by atoms with Gasteiger partial charge in [-0.3, -0.25) is 4.79 Å². The van der Waals surface area contributed by atoms with Crippen molar-refractivity contribution in [3.63, 3.8) is 0 Å². The van der Waals surface area contributed by atoms with Gasteiger partial charge >= 0.3 is 0 Å². The molecule has 108 valence electrons. The van der Waals surface area contributed by atoms with Crippen molar-refractivity contribution >= 4 is 5.91 Å². The SMILES string of the molecule is COc1ccccc1C(=O)N1C[C@@H]2CCCCN[C@H]2C1. The van der Waals surface area contributed by atoms with Crippen molar-refractivity contribution in [2.75, 3.05) is 26.7 Å². The van der Waals surface area contributed by atoms with E-state index in [-0.39, 0.29) is 5.91 Å². The summed E-state index contributed by atoms with van der Waals surface area (Å²) >= 11 is 0. The molecule has 2 aliphatic heterocycles. The van der Waals surface area contributed by atoms with Crippen molar-refractivity contribution < 1.29 is 9.53 Å². The summed E-state index contributed by atoms with van der Waals surface area (Å²) < 4.78 is 5.30. The molecule has 2 aliphatic rings. The number of para-hydroxylation sites is 1. The lowest BCUT2D eigenvalue weighted by Gasteiger charge is -2.18. The van der Waals surface area contributed by atoms with Gasteiger partial charge in [-0.1, -0.05) is 18.6 Å². The van der Waals surface area contributed by atoms with E-state index in [1.807, 2.05) is 29.2 Å². The number of ether oxygens (including phenoxy) is 1. The molecule has 0 bridgehead atoms. The van der Waals surface area contributed by atoms with Gasteiger partial charge in [-0.05, 0) is 37.4 Å². The zero-order chi connectivity index (χ0) is 13.9. The van der Waals surface area contributed by atoms with Crippen molar-refractivity contribution in [3.05, 3.63) is 29.8 Å². The molecule has 1 amide bonds. The molecule has 4 heteroatoms. The van der Waals surface area contributed by atoms with E-state index < -0.39 is 0 Å². The second-order valence-corrected chi connectivity index (χ2v) is 5.73. The topological polar surface area (TPSA) is 41.6 Å². The van der Waals surface area contributed by atoms with E-state index in [0.29, 0.717) is 23.3 Å². The van der Waals surface area contributed by atoms with Gasteiger partial charge in [0.05, 0.1) is 12.7 Å². The Kier molecular flexibility index (Phi) is 3.92. The molecule has 4 nitrogen and oxygen atoms in total. The summed E-state index contributed by atoms with van der Waals surface area (Å²) in [6.45, 7) is 2.77. The van der Waals surface area contributed by atoms with Crippen LogP contribution in [-0.4, -0.2) is 43.6 Å². The number of nitrogens with zero attached hydrogens (tertiary/aromatic N) is 1. The molecular weight excluding hydrogens is 252 g/mol. The summed E-state index contributed by atoms with van der Waals surface area (Å²) in [5.41, 5.74) is 0.673. The third-order valence-corrected chi connectivity index (χ3v) is 4.47. The molecule has 2 saturated heterocycles. The Morgan fingerprint density at radius 2 is 2.15 bits per heavy atom. The van der Waals surface area contributed by atoms with Gasteiger partial charge in [-0.15, -0.1) is 0 Å². The highest BCUT2D eigenvalue weighted by Crippen LogP contribution is 2.28. The predicted molar refractivity (Wildman–Crippen MR) is 78.0 cm³/mol. The van der Waals surface area contributed by atoms with E-state index in [1.165, 1.54) is 19.3 Å². The number of nitrogens with one attached hydrogen (secondary N) is 1. The number of likely N-dealkylation sites (tertiary alicyclic amines) is 1. The summed E-state index contributed by atoms with van der Waals surface area (Å²) in [7, 11) is 1.61. The van der Waals surface area contributed by atoms with Gasteiger partial charge < -0.3 is 15.0 Å². The van der Waals surface area contributed by atoms with Crippen LogP contribution in [0.3, 0.4) is 0 Å². The highest BCUT2D eigenvalue weighted by molar-refractivity contribution is 5.97. The third-order valence-electron chi connectivity index (χ3n) is 4.47. The fraction of sp³-hybridized carbons (Fsp3) is 0.562. The number of carbonyl (C=O) groups is 1. The Morgan fingerprint density at radius 1 is 1.30 bits per heavy atom. The van der Waals surface area contributed by atoms with Crippen LogP contribution in [0.15, 0.2) is 24.3 Å². The van der Waals surface area contributed by atoms with Crippen LogP contribution in [0.5, 0.6) is 5.75 Å². The quantitative estimate of drug-likeness (QED) is 0.895. The normalized spacial score (nSPS) is 25.9. The molecule has 1 aromatic rings. The average Bonchev–Trinajstić information content (AvgIpc) is 2.77. The van der Waals surface area contributed by atoms with Gasteiger partial charge in [-0.2, -0.15) is 0 Å². The smallest absolute Gasteiger partial charge is 0.257 e. The van der Waals surface area contributed by atoms with Crippen LogP contribution >= 0.6 is 0 Å². The highest BCUT2D eigenvalue weighted by atomic mass is 16.5. The van der Waals surface area contributed by atoms with Crippen molar-refractivity contribution in [1.82, 2.24) is 10.2 Å². The van der Waals surface area contributed by atoms with Gasteiger partial charge in [0.1, 0.15) is 5.75 Å². The van der Waals surface area contributed by atoms with Crippen molar-refractivity contribution in [2.24, 2.45) is 5.92 Å². The number of hydrogen-bond acceptors (Lipinski definition) is 3. The molecule has 20 heavy (non-hydrogen) atoms. The zero-order valence-electron chi connectivity index (χ0n) is 12.0. The van der Waals surface area contributed by atoms with E-state index in [2.05, 4.69) is 5.32 Å². The average molecular weight is 274 g/mol. The van der Waals surface area contributed by atoms with Crippen LogP contribution < -0.4 is 10.1 Å². The van der Waals surface area contributed by atoms with Crippen LogP contribution in [0.25, 0.3) is 0 Å². The second kappa shape index (κ2) is 5.83. The number of benzene rings is 1. The minimum absolute atomic E-state index is 0.0947. The molecular formula is C16H22N2O2. The summed E-state index contributed by atoms with van der Waals surface area (Å²) in [5, 5.41) is 3.58. The molecule has 0 spiro atoms. The van der Waals surface area contributed by atoms with Crippen molar-refractivity contribution in [2.45, 2.75) is 25.3 Å². The lowest BCUT2D eigenvalue weighted by Crippen LogP contribution is -2.36. The minimum Gasteiger partial charge on any atom is -0.496 e. The Bertz CT molecular complexity index is 475. The maximum Gasteiger partial charge on any atom is 0.257 e. The second-order valence-electron chi connectivity index (χ2n) is 5.73. The summed E-state index contributed by atoms with van der Waals surface area (Å²) in [6.07, 6.45) is 3.76. The summed E-state index contributed by atoms with van der Waals surface area (Å²) in [4.78, 5) is 14.7. The first-order valence-corrected chi connectivity index (χ1v) is 7.45. The van der Waals surface area contributed by atoms with Crippen LogP contribution in [0.1, 0.15) is 29.6 Å². The van der Waals surface area contributed by atoms with Crippen LogP contribution in [0.4, 0.5) is 0 Å². The molecule has 2 atom stereocenters. The fourth-order valence-corrected chi connectivity index (χ4v) is 3.37. The van der Waals surface area contributed by atoms with Crippen LogP contribution in [0, 0.1) is 5.92 Å². The fourth-order valence-electron chi connectivity index (χ4n) is 3.37. The molecule has 0 unspecified atom stereocenters. The maximum atomic E-state index is 12.7. The Hall–Kier alpha value is -1.55. The van der Waals surface area contributed by atoms with Gasteiger partial charge in [0.15, 0.2) is 0 Å². The molecule has 3 rings (SSSR count). The van der Waals surface area contributed by atoms with Gasteiger partial charge in [0.2, 0.25) is 0 Å². The van der Waals surface area contributed by atoms with Crippen molar-refractivity contribution in [3.8, 4) is 5.75 Å². The minimum atomic E-state index is 0.0947. The van der Waals surface area contributed by atoms with E-state index in [1.54, 1.807) is 7.11 Å². The number of amides is 1. The van der Waals surface area contributed by atoms with E-state index in [9.17, 15) is 4.79 Å². The van der Waals surface area contributed by atoms with Crippen LogP contribution in [0.2, 0.25) is 0 Å². The summed E-state index contributed by atoms with van der Waals surface area (Å²) in [6, 6.07) is 7.95. The first-order chi connectivity index (χ1) is 9.79. The summed E-state index contributed by atoms with van der Waals surface area (Å²) in [5.74, 6) is 1.37. The Labute approximate surface area is 120 Å². The van der Waals surface area contributed by atoms with E-state index in [4.69, 9.17) is 4.74 Å². The molecule has 2 heterocycles. The first kappa shape index (κ1) is 13.4. The Balaban J connectivity index is 1.75. The first-order valence-electron chi connectivity index (χ1n) is 7.45. The molecule has 0 radical (unpaired) electrons. The number of fused-ring (bicyclic) bond motifs is 1. The zero-order valence-corrected chi connectivity index (χ0v) is 12.0. The predicted octanol–water partition coefficient (Wildman–Crippen LogP) is 1.91. The number of methoxy groups -OCH3 is 1. The monoisotopic (exact) mass is 274 g/mol. The molecule has 0 saturated carbocycles. The molecule has 0 aliphatic carbocycles. The van der Waals surface area contributed by atoms with E-state index >= 15 is 0 Å². The van der Waals surface area contributed by atoms with Crippen molar-refractivity contribution in [1.29, 1.82) is 0 Å². The molecule has 1 aromatic carbocycles. The number of carbonyl (C=O) groups excluding carboxylic acids is 1. The largest absolute Gasteiger partial charge is 0.496 e. The van der Waals surface area contributed by atoms with Gasteiger partial charge in [-0.25, -0.2) is 0 Å². The van der Waals surface area contributed by atoms with Crippen LogP contribution in [-0.2, 0) is 0 Å². The molecule has 2 fully saturated rings. The van der Waals surface area contributed by atoms with Gasteiger partial charge in [0.25, 0.3) is 5.91 Å². The maximum absolute atomic E-state index is 12.7. The highest BCUT2D eigenvalue weighted by Gasteiger charge is 2.36. The Morgan fingerprint density at radius 3 is 3.00 bits per heavy atom. The number of rotatable bonds is 2. The standard InChI is InChI=1S/C16H22N2O2/c1-20-15-8-3-2-7-13(15)16(19)18-10-12-6-4-5-9-17-14(12)11-18/h2-3,7-8,12,14,17H,4-6,9-11H2,1H3/t12-,14-/m0/s1. The number of hydrogen-bond donors (Lipinski definition) is 1. The lowest BCUT2D eigenvalue weighted by atomic mass is 9.99. The third kappa shape index (κ3) is 2.52.